The molecule has 2 heterocycles. The molecule has 0 radical (unpaired) electrons. The molecular weight excluding hydrogens is 494 g/mol. The zero-order valence-corrected chi connectivity index (χ0v) is 24.3. The number of carbonyl (C=O) groups excluding carboxylic acids is 2. The van der Waals surface area contributed by atoms with E-state index < -0.39 is 11.6 Å². The van der Waals surface area contributed by atoms with Gasteiger partial charge in [0, 0.05) is 30.6 Å². The number of methoxy groups -OCH3 is 1. The number of benzene rings is 1. The van der Waals surface area contributed by atoms with Crippen LogP contribution in [0.25, 0.3) is 22.4 Å². The highest BCUT2D eigenvalue weighted by atomic mass is 16.6. The lowest BCUT2D eigenvalue weighted by Gasteiger charge is -2.24. The molecule has 0 aliphatic heterocycles. The number of hydrogen-bond donors (Lipinski definition) is 1. The van der Waals surface area contributed by atoms with Crippen molar-refractivity contribution in [1.82, 2.24) is 14.8 Å². The summed E-state index contributed by atoms with van der Waals surface area (Å²) in [6, 6.07) is 7.64. The normalized spacial score (nSPS) is 14.7. The SMILES string of the molecule is COC(=O)c1ccc2c(C3CCCCC3)c(-c3occc3CNCCN(C)C)n(CC(=O)OC(C)(C)C)c2c1. The Morgan fingerprint density at radius 1 is 1.13 bits per heavy atom. The fourth-order valence-corrected chi connectivity index (χ4v) is 5.55. The molecule has 4 rings (SSSR count). The predicted octanol–water partition coefficient (Wildman–Crippen LogP) is 5.73. The summed E-state index contributed by atoms with van der Waals surface area (Å²) < 4.78 is 19.0. The molecule has 39 heavy (non-hydrogen) atoms. The van der Waals surface area contributed by atoms with Crippen LogP contribution in [0.4, 0.5) is 0 Å². The second-order valence-corrected chi connectivity index (χ2v) is 11.7. The van der Waals surface area contributed by atoms with Gasteiger partial charge in [0.25, 0.3) is 0 Å². The van der Waals surface area contributed by atoms with Crippen molar-refractivity contribution in [3.63, 3.8) is 0 Å². The molecule has 0 atom stereocenters. The quantitative estimate of drug-likeness (QED) is 0.261. The van der Waals surface area contributed by atoms with Gasteiger partial charge in [0.05, 0.1) is 30.1 Å². The molecule has 0 unspecified atom stereocenters. The Kier molecular flexibility index (Phi) is 9.18. The van der Waals surface area contributed by atoms with Gasteiger partial charge in [0.2, 0.25) is 0 Å². The van der Waals surface area contributed by atoms with Crippen molar-refractivity contribution in [3.8, 4) is 11.5 Å². The monoisotopic (exact) mass is 537 g/mol. The Morgan fingerprint density at radius 3 is 2.54 bits per heavy atom. The maximum atomic E-state index is 13.2. The predicted molar refractivity (Wildman–Crippen MR) is 153 cm³/mol. The molecule has 0 saturated heterocycles. The number of fused-ring (bicyclic) bond motifs is 1. The number of carbonyl (C=O) groups is 2. The molecule has 0 spiro atoms. The van der Waals surface area contributed by atoms with Gasteiger partial charge in [-0.15, -0.1) is 0 Å². The summed E-state index contributed by atoms with van der Waals surface area (Å²) in [6.45, 7) is 8.03. The summed E-state index contributed by atoms with van der Waals surface area (Å²) in [5.41, 5.74) is 3.76. The van der Waals surface area contributed by atoms with Crippen molar-refractivity contribution in [1.29, 1.82) is 0 Å². The molecule has 1 fully saturated rings. The number of furan rings is 1. The van der Waals surface area contributed by atoms with Crippen LogP contribution in [0, 0.1) is 0 Å². The molecule has 2 aromatic heterocycles. The Hall–Kier alpha value is -3.10. The van der Waals surface area contributed by atoms with Crippen LogP contribution in [0.1, 0.15) is 80.3 Å². The highest BCUT2D eigenvalue weighted by molar-refractivity contribution is 5.99. The Labute approximate surface area is 231 Å². The number of ether oxygens (including phenoxy) is 2. The molecular formula is C31H43N3O5. The van der Waals surface area contributed by atoms with Crippen LogP contribution in [-0.4, -0.2) is 61.3 Å². The molecule has 0 amide bonds. The summed E-state index contributed by atoms with van der Waals surface area (Å²) in [5.74, 6) is 0.343. The second-order valence-electron chi connectivity index (χ2n) is 11.7. The number of aromatic nitrogens is 1. The minimum atomic E-state index is -0.615. The Balaban J connectivity index is 1.89. The van der Waals surface area contributed by atoms with Crippen LogP contribution < -0.4 is 5.32 Å². The number of rotatable bonds is 10. The number of esters is 2. The molecule has 1 saturated carbocycles. The summed E-state index contributed by atoms with van der Waals surface area (Å²) in [7, 11) is 5.49. The van der Waals surface area contributed by atoms with E-state index >= 15 is 0 Å². The molecule has 8 nitrogen and oxygen atoms in total. The lowest BCUT2D eigenvalue weighted by Crippen LogP contribution is -2.27. The first-order valence-electron chi connectivity index (χ1n) is 14.0. The first-order valence-corrected chi connectivity index (χ1v) is 14.0. The first-order chi connectivity index (χ1) is 18.6. The van der Waals surface area contributed by atoms with Crippen molar-refractivity contribution in [3.05, 3.63) is 47.2 Å². The average Bonchev–Trinajstić information content (AvgIpc) is 3.47. The Bertz CT molecular complexity index is 1290. The molecule has 0 bridgehead atoms. The second kappa shape index (κ2) is 12.4. The third-order valence-corrected chi connectivity index (χ3v) is 7.26. The van der Waals surface area contributed by atoms with Crippen molar-refractivity contribution < 1.29 is 23.5 Å². The van der Waals surface area contributed by atoms with Gasteiger partial charge in [-0.3, -0.25) is 4.79 Å². The molecule has 3 aromatic rings. The zero-order valence-electron chi connectivity index (χ0n) is 24.3. The summed E-state index contributed by atoms with van der Waals surface area (Å²) in [4.78, 5) is 27.9. The molecule has 1 aliphatic carbocycles. The lowest BCUT2D eigenvalue weighted by atomic mass is 9.82. The van der Waals surface area contributed by atoms with Crippen molar-refractivity contribution in [2.24, 2.45) is 0 Å². The van der Waals surface area contributed by atoms with Gasteiger partial charge in [-0.2, -0.15) is 0 Å². The Morgan fingerprint density at radius 2 is 1.87 bits per heavy atom. The van der Waals surface area contributed by atoms with E-state index in [1.165, 1.54) is 31.9 Å². The van der Waals surface area contributed by atoms with E-state index in [0.29, 0.717) is 18.0 Å². The van der Waals surface area contributed by atoms with Gasteiger partial charge in [0.15, 0.2) is 5.76 Å². The van der Waals surface area contributed by atoms with Crippen LogP contribution in [0.2, 0.25) is 0 Å². The summed E-state index contributed by atoms with van der Waals surface area (Å²) in [6.07, 6.45) is 7.44. The topological polar surface area (TPSA) is 85.9 Å². The largest absolute Gasteiger partial charge is 0.465 e. The van der Waals surface area contributed by atoms with Crippen LogP contribution in [-0.2, 0) is 27.4 Å². The molecule has 8 heteroatoms. The van der Waals surface area contributed by atoms with Gasteiger partial charge < -0.3 is 28.7 Å². The van der Waals surface area contributed by atoms with Gasteiger partial charge in [-0.25, -0.2) is 4.79 Å². The maximum Gasteiger partial charge on any atom is 0.337 e. The number of hydrogen-bond acceptors (Lipinski definition) is 7. The standard InChI is InChI=1S/C31H43N3O5/c1-31(2,3)39-26(35)20-34-25-18-22(30(36)37-6)12-13-24(25)27(21-10-8-7-9-11-21)28(34)29-23(14-17-38-29)19-32-15-16-33(4)5/h12-14,17-18,21,32H,7-11,15-16,19-20H2,1-6H3. The zero-order chi connectivity index (χ0) is 28.2. The van der Waals surface area contributed by atoms with Crippen molar-refractivity contribution in [2.45, 2.75) is 77.5 Å². The van der Waals surface area contributed by atoms with E-state index in [1.54, 1.807) is 6.26 Å². The number of nitrogens with zero attached hydrogens (tertiary/aromatic N) is 2. The van der Waals surface area contributed by atoms with Gasteiger partial charge in [-0.1, -0.05) is 25.3 Å². The van der Waals surface area contributed by atoms with Gasteiger partial charge in [0.1, 0.15) is 12.1 Å². The highest BCUT2D eigenvalue weighted by Crippen LogP contribution is 2.45. The van der Waals surface area contributed by atoms with Crippen molar-refractivity contribution in [2.75, 3.05) is 34.3 Å². The average molecular weight is 538 g/mol. The maximum absolute atomic E-state index is 13.2. The minimum Gasteiger partial charge on any atom is -0.465 e. The molecule has 1 aliphatic rings. The molecule has 1 N–H and O–H groups in total. The minimum absolute atomic E-state index is 0.00858. The van der Waals surface area contributed by atoms with E-state index in [4.69, 9.17) is 13.9 Å². The fraction of sp³-hybridized carbons (Fsp3) is 0.548. The van der Waals surface area contributed by atoms with E-state index in [0.717, 1.165) is 53.9 Å². The number of nitrogens with one attached hydrogen (secondary N) is 1. The summed E-state index contributed by atoms with van der Waals surface area (Å²) in [5, 5.41) is 4.56. The molecule has 212 valence electrons. The lowest BCUT2D eigenvalue weighted by molar-refractivity contribution is -0.155. The third kappa shape index (κ3) is 6.92. The van der Waals surface area contributed by atoms with Crippen LogP contribution in [0.5, 0.6) is 0 Å². The first kappa shape index (κ1) is 28.9. The van der Waals surface area contributed by atoms with E-state index in [-0.39, 0.29) is 12.5 Å². The van der Waals surface area contributed by atoms with E-state index in [9.17, 15) is 9.59 Å². The van der Waals surface area contributed by atoms with Gasteiger partial charge in [-0.05, 0) is 77.4 Å². The third-order valence-electron chi connectivity index (χ3n) is 7.26. The van der Waals surface area contributed by atoms with Gasteiger partial charge >= 0.3 is 11.9 Å². The fourth-order valence-electron chi connectivity index (χ4n) is 5.55. The van der Waals surface area contributed by atoms with E-state index in [1.807, 2.05) is 49.6 Å². The number of likely N-dealkylation sites (N-methyl/N-ethyl adjacent to an activating group) is 1. The van der Waals surface area contributed by atoms with Crippen LogP contribution >= 0.6 is 0 Å². The smallest absolute Gasteiger partial charge is 0.337 e. The summed E-state index contributed by atoms with van der Waals surface area (Å²) >= 11 is 0. The van der Waals surface area contributed by atoms with Crippen molar-refractivity contribution >= 4 is 22.8 Å². The van der Waals surface area contributed by atoms with Crippen LogP contribution in [0.15, 0.2) is 34.9 Å². The van der Waals surface area contributed by atoms with Crippen LogP contribution in [0.3, 0.4) is 0 Å². The van der Waals surface area contributed by atoms with E-state index in [2.05, 4.69) is 24.3 Å². The highest BCUT2D eigenvalue weighted by Gasteiger charge is 2.31. The molecule has 1 aromatic carbocycles.